The minimum atomic E-state index is -3.65. The summed E-state index contributed by atoms with van der Waals surface area (Å²) in [5, 5.41) is 0. The van der Waals surface area contributed by atoms with Crippen molar-refractivity contribution < 1.29 is 13.2 Å². The van der Waals surface area contributed by atoms with Crippen LogP contribution in [0.2, 0.25) is 0 Å². The monoisotopic (exact) mass is 369 g/mol. The predicted octanol–water partition coefficient (Wildman–Crippen LogP) is 3.88. The van der Waals surface area contributed by atoms with Gasteiger partial charge in [-0.1, -0.05) is 6.07 Å². The molecule has 0 heterocycles. The standard InChI is InChI=1S/C15H16BrNO3S/c1-10-6-11(2)8-12(7-10)17-21(18,19)13-4-5-14(16)15(9-13)20-3/h4-9,17H,1-3H3. The second kappa shape index (κ2) is 6.07. The van der Waals surface area contributed by atoms with Gasteiger partial charge in [-0.05, 0) is 65.2 Å². The summed E-state index contributed by atoms with van der Waals surface area (Å²) in [7, 11) is -2.15. The molecule has 21 heavy (non-hydrogen) atoms. The first-order valence-electron chi connectivity index (χ1n) is 6.26. The summed E-state index contributed by atoms with van der Waals surface area (Å²) in [6.07, 6.45) is 0. The second-order valence-corrected chi connectivity index (χ2v) is 7.31. The molecule has 0 amide bonds. The highest BCUT2D eigenvalue weighted by Crippen LogP contribution is 2.28. The molecular weight excluding hydrogens is 354 g/mol. The van der Waals surface area contributed by atoms with Crippen molar-refractivity contribution >= 4 is 31.6 Å². The van der Waals surface area contributed by atoms with Gasteiger partial charge in [0.1, 0.15) is 5.75 Å². The number of rotatable bonds is 4. The zero-order valence-electron chi connectivity index (χ0n) is 12.0. The SMILES string of the molecule is COc1cc(S(=O)(=O)Nc2cc(C)cc(C)c2)ccc1Br. The lowest BCUT2D eigenvalue weighted by Crippen LogP contribution is -2.13. The molecule has 112 valence electrons. The highest BCUT2D eigenvalue weighted by Gasteiger charge is 2.16. The molecule has 1 N–H and O–H groups in total. The van der Waals surface area contributed by atoms with Crippen LogP contribution in [0.4, 0.5) is 5.69 Å². The van der Waals surface area contributed by atoms with E-state index in [0.717, 1.165) is 11.1 Å². The van der Waals surface area contributed by atoms with Gasteiger partial charge < -0.3 is 4.74 Å². The number of methoxy groups -OCH3 is 1. The highest BCUT2D eigenvalue weighted by molar-refractivity contribution is 9.10. The van der Waals surface area contributed by atoms with E-state index < -0.39 is 10.0 Å². The first-order chi connectivity index (χ1) is 9.81. The highest BCUT2D eigenvalue weighted by atomic mass is 79.9. The molecule has 0 bridgehead atoms. The third kappa shape index (κ3) is 3.77. The quantitative estimate of drug-likeness (QED) is 0.889. The van der Waals surface area contributed by atoms with E-state index in [2.05, 4.69) is 20.7 Å². The van der Waals surface area contributed by atoms with Gasteiger partial charge in [-0.25, -0.2) is 8.42 Å². The Balaban J connectivity index is 2.38. The van der Waals surface area contributed by atoms with E-state index in [1.807, 2.05) is 19.9 Å². The lowest BCUT2D eigenvalue weighted by molar-refractivity contribution is 0.411. The minimum absolute atomic E-state index is 0.154. The summed E-state index contributed by atoms with van der Waals surface area (Å²) in [5.74, 6) is 0.471. The Bertz CT molecular complexity index is 752. The summed E-state index contributed by atoms with van der Waals surface area (Å²) in [6, 6.07) is 10.2. The average Bonchev–Trinajstić information content (AvgIpc) is 2.37. The molecule has 4 nitrogen and oxygen atoms in total. The number of halogens is 1. The van der Waals surface area contributed by atoms with Gasteiger partial charge in [-0.15, -0.1) is 0 Å². The lowest BCUT2D eigenvalue weighted by atomic mass is 10.1. The van der Waals surface area contributed by atoms with Crippen molar-refractivity contribution in [3.63, 3.8) is 0 Å². The zero-order chi connectivity index (χ0) is 15.6. The third-order valence-corrected chi connectivity index (χ3v) is 4.94. The Kier molecular flexibility index (Phi) is 4.58. The summed E-state index contributed by atoms with van der Waals surface area (Å²) in [6.45, 7) is 3.85. The van der Waals surface area contributed by atoms with Gasteiger partial charge in [-0.3, -0.25) is 4.72 Å². The molecule has 0 atom stereocenters. The van der Waals surface area contributed by atoms with E-state index in [1.165, 1.54) is 19.2 Å². The van der Waals surface area contributed by atoms with Gasteiger partial charge in [0, 0.05) is 11.8 Å². The fourth-order valence-electron chi connectivity index (χ4n) is 2.05. The number of ether oxygens (including phenoxy) is 1. The average molecular weight is 370 g/mol. The molecule has 0 aliphatic heterocycles. The largest absolute Gasteiger partial charge is 0.496 e. The Morgan fingerprint density at radius 1 is 1.05 bits per heavy atom. The van der Waals surface area contributed by atoms with Crippen LogP contribution in [-0.2, 0) is 10.0 Å². The second-order valence-electron chi connectivity index (χ2n) is 4.78. The Hall–Kier alpha value is -1.53. The molecule has 0 aliphatic rings. The Morgan fingerprint density at radius 3 is 2.24 bits per heavy atom. The van der Waals surface area contributed by atoms with Gasteiger partial charge in [0.25, 0.3) is 10.0 Å². The molecule has 0 unspecified atom stereocenters. The molecule has 0 radical (unpaired) electrons. The van der Waals surface area contributed by atoms with Crippen molar-refractivity contribution in [2.75, 3.05) is 11.8 Å². The zero-order valence-corrected chi connectivity index (χ0v) is 14.4. The smallest absolute Gasteiger partial charge is 0.262 e. The van der Waals surface area contributed by atoms with Crippen LogP contribution in [-0.4, -0.2) is 15.5 Å². The number of sulfonamides is 1. The molecule has 0 spiro atoms. The summed E-state index contributed by atoms with van der Waals surface area (Å²) >= 11 is 3.30. The van der Waals surface area contributed by atoms with Crippen LogP contribution in [0.3, 0.4) is 0 Å². The van der Waals surface area contributed by atoms with Crippen LogP contribution >= 0.6 is 15.9 Å². The van der Waals surface area contributed by atoms with Crippen molar-refractivity contribution in [3.05, 3.63) is 52.0 Å². The van der Waals surface area contributed by atoms with E-state index in [0.29, 0.717) is 15.9 Å². The third-order valence-electron chi connectivity index (χ3n) is 2.91. The van der Waals surface area contributed by atoms with E-state index in [4.69, 9.17) is 4.74 Å². The summed E-state index contributed by atoms with van der Waals surface area (Å²) < 4.78 is 33.3. The van der Waals surface area contributed by atoms with Gasteiger partial charge in [0.15, 0.2) is 0 Å². The van der Waals surface area contributed by atoms with Gasteiger partial charge in [0.2, 0.25) is 0 Å². The lowest BCUT2D eigenvalue weighted by Gasteiger charge is -2.11. The number of nitrogens with one attached hydrogen (secondary N) is 1. The Morgan fingerprint density at radius 2 is 1.67 bits per heavy atom. The van der Waals surface area contributed by atoms with Crippen LogP contribution in [0, 0.1) is 13.8 Å². The van der Waals surface area contributed by atoms with Crippen LogP contribution in [0.15, 0.2) is 45.8 Å². The molecule has 0 saturated heterocycles. The van der Waals surface area contributed by atoms with Crippen LogP contribution in [0.5, 0.6) is 5.75 Å². The molecule has 2 aromatic carbocycles. The fraction of sp³-hybridized carbons (Fsp3) is 0.200. The first-order valence-corrected chi connectivity index (χ1v) is 8.54. The molecular formula is C15H16BrNO3S. The molecule has 0 fully saturated rings. The molecule has 0 aliphatic carbocycles. The van der Waals surface area contributed by atoms with E-state index in [9.17, 15) is 8.42 Å². The van der Waals surface area contributed by atoms with E-state index >= 15 is 0 Å². The molecule has 0 saturated carbocycles. The van der Waals surface area contributed by atoms with Crippen LogP contribution in [0.1, 0.15) is 11.1 Å². The van der Waals surface area contributed by atoms with Gasteiger partial charge in [-0.2, -0.15) is 0 Å². The van der Waals surface area contributed by atoms with Crippen molar-refractivity contribution in [3.8, 4) is 5.75 Å². The van der Waals surface area contributed by atoms with Crippen molar-refractivity contribution in [1.29, 1.82) is 0 Å². The normalized spacial score (nSPS) is 11.2. The summed E-state index contributed by atoms with van der Waals surface area (Å²) in [5.41, 5.74) is 2.55. The van der Waals surface area contributed by atoms with Crippen LogP contribution in [0.25, 0.3) is 0 Å². The van der Waals surface area contributed by atoms with Crippen molar-refractivity contribution in [2.45, 2.75) is 18.7 Å². The number of aryl methyl sites for hydroxylation is 2. The Labute approximate surface area is 133 Å². The van der Waals surface area contributed by atoms with E-state index in [-0.39, 0.29) is 4.90 Å². The van der Waals surface area contributed by atoms with Gasteiger partial charge in [0.05, 0.1) is 16.5 Å². The van der Waals surface area contributed by atoms with Gasteiger partial charge >= 0.3 is 0 Å². The number of hydrogen-bond acceptors (Lipinski definition) is 3. The number of hydrogen-bond donors (Lipinski definition) is 1. The predicted molar refractivity (Wildman–Crippen MR) is 87.4 cm³/mol. The van der Waals surface area contributed by atoms with Crippen molar-refractivity contribution in [1.82, 2.24) is 0 Å². The topological polar surface area (TPSA) is 55.4 Å². The summed E-state index contributed by atoms with van der Waals surface area (Å²) in [4.78, 5) is 0.154. The number of benzene rings is 2. The molecule has 2 aromatic rings. The molecule has 2 rings (SSSR count). The maximum Gasteiger partial charge on any atom is 0.262 e. The molecule has 6 heteroatoms. The number of anilines is 1. The minimum Gasteiger partial charge on any atom is -0.496 e. The molecule has 0 aromatic heterocycles. The fourth-order valence-corrected chi connectivity index (χ4v) is 3.52. The van der Waals surface area contributed by atoms with Crippen molar-refractivity contribution in [2.24, 2.45) is 0 Å². The van der Waals surface area contributed by atoms with Crippen LogP contribution < -0.4 is 9.46 Å². The first kappa shape index (κ1) is 15.9. The maximum absolute atomic E-state index is 12.4. The maximum atomic E-state index is 12.4. The van der Waals surface area contributed by atoms with E-state index in [1.54, 1.807) is 18.2 Å².